The molecule has 1 atom stereocenters. The Labute approximate surface area is 241 Å². The fraction of sp³-hybridized carbons (Fsp3) is 0.320. The number of rotatable bonds is 9. The van der Waals surface area contributed by atoms with Crippen molar-refractivity contribution in [3.05, 3.63) is 53.3 Å². The molecule has 0 saturated carbocycles. The number of benzene rings is 1. The maximum absolute atomic E-state index is 12.5. The highest BCUT2D eigenvalue weighted by molar-refractivity contribution is 7.99. The zero-order valence-corrected chi connectivity index (χ0v) is 23.2. The summed E-state index contributed by atoms with van der Waals surface area (Å²) in [6.45, 7) is 1.22. The molecule has 1 aliphatic rings. The van der Waals surface area contributed by atoms with Crippen molar-refractivity contribution in [2.45, 2.75) is 29.6 Å². The van der Waals surface area contributed by atoms with Crippen LogP contribution in [0.2, 0.25) is 5.15 Å². The van der Waals surface area contributed by atoms with Crippen molar-refractivity contribution in [1.29, 1.82) is 0 Å². The first-order chi connectivity index (χ1) is 19.5. The first-order valence-corrected chi connectivity index (χ1v) is 13.7. The second-order valence-electron chi connectivity index (χ2n) is 9.47. The number of H-pyrrole nitrogens is 1. The lowest BCUT2D eigenvalue weighted by molar-refractivity contribution is -0.140. The molecule has 1 saturated heterocycles. The number of carbonyl (C=O) groups excluding carboxylic acids is 2. The third-order valence-electron chi connectivity index (χ3n) is 6.20. The molecule has 4 N–H and O–H groups in total. The second kappa shape index (κ2) is 12.0. The molecule has 41 heavy (non-hydrogen) atoms. The van der Waals surface area contributed by atoms with Gasteiger partial charge in [-0.2, -0.15) is 23.3 Å². The summed E-state index contributed by atoms with van der Waals surface area (Å²) < 4.78 is 38.7. The van der Waals surface area contributed by atoms with Gasteiger partial charge in [0.25, 0.3) is 0 Å². The highest BCUT2D eigenvalue weighted by Crippen LogP contribution is 2.30. The molecule has 16 heteroatoms. The summed E-state index contributed by atoms with van der Waals surface area (Å²) in [6, 6.07) is 12.5. The number of alkyl halides is 3. The van der Waals surface area contributed by atoms with Gasteiger partial charge in [-0.15, -0.1) is 0 Å². The molecule has 4 aromatic rings. The predicted molar refractivity (Wildman–Crippen MR) is 147 cm³/mol. The lowest BCUT2D eigenvalue weighted by Crippen LogP contribution is -2.39. The summed E-state index contributed by atoms with van der Waals surface area (Å²) >= 11 is 7.67. The van der Waals surface area contributed by atoms with E-state index in [1.807, 2.05) is 30.4 Å². The Hall–Kier alpha value is -3.82. The SMILES string of the molecule is Cc1cc(Nc2nc(Sc3ccc(NC(=O)CN4CCC(C(=O)NCC(F)(F)F)C4)cc3)nc3ccc(Cl)n23)n[nH]1. The summed E-state index contributed by atoms with van der Waals surface area (Å²) in [5.41, 5.74) is 2.06. The van der Waals surface area contributed by atoms with Gasteiger partial charge in [-0.05, 0) is 68.0 Å². The van der Waals surface area contributed by atoms with Crippen LogP contribution in [0.25, 0.3) is 5.65 Å². The third kappa shape index (κ3) is 7.48. The van der Waals surface area contributed by atoms with Crippen LogP contribution in [-0.4, -0.2) is 73.6 Å². The van der Waals surface area contributed by atoms with Gasteiger partial charge in [0.05, 0.1) is 12.5 Å². The number of halogens is 4. The zero-order chi connectivity index (χ0) is 29.1. The number of hydrogen-bond donors (Lipinski definition) is 4. The molecule has 3 aromatic heterocycles. The Bertz CT molecular complexity index is 1560. The Morgan fingerprint density at radius 3 is 2.66 bits per heavy atom. The highest BCUT2D eigenvalue weighted by atomic mass is 35.5. The summed E-state index contributed by atoms with van der Waals surface area (Å²) in [6.07, 6.45) is -4.07. The van der Waals surface area contributed by atoms with Crippen LogP contribution < -0.4 is 16.0 Å². The number of aromatic amines is 1. The van der Waals surface area contributed by atoms with Crippen LogP contribution in [-0.2, 0) is 9.59 Å². The topological polar surface area (TPSA) is 132 Å². The van der Waals surface area contributed by atoms with Crippen molar-refractivity contribution in [2.75, 3.05) is 36.8 Å². The normalized spacial score (nSPS) is 15.8. The lowest BCUT2D eigenvalue weighted by atomic mass is 10.1. The van der Waals surface area contributed by atoms with E-state index >= 15 is 0 Å². The number of nitrogens with zero attached hydrogens (tertiary/aromatic N) is 5. The van der Waals surface area contributed by atoms with Gasteiger partial charge in [0.1, 0.15) is 17.3 Å². The van der Waals surface area contributed by atoms with E-state index in [9.17, 15) is 22.8 Å². The van der Waals surface area contributed by atoms with E-state index in [-0.39, 0.29) is 19.0 Å². The number of anilines is 3. The van der Waals surface area contributed by atoms with Gasteiger partial charge < -0.3 is 16.0 Å². The third-order valence-corrected chi connectivity index (χ3v) is 7.37. The molecule has 4 heterocycles. The van der Waals surface area contributed by atoms with Crippen molar-refractivity contribution in [3.8, 4) is 0 Å². The molecule has 0 spiro atoms. The quantitative estimate of drug-likeness (QED) is 0.222. The van der Waals surface area contributed by atoms with Crippen LogP contribution in [0.1, 0.15) is 12.1 Å². The minimum absolute atomic E-state index is 0.0264. The average Bonchev–Trinajstić information content (AvgIpc) is 3.64. The molecule has 0 aliphatic carbocycles. The predicted octanol–water partition coefficient (Wildman–Crippen LogP) is 4.25. The van der Waals surface area contributed by atoms with Crippen molar-refractivity contribution in [3.63, 3.8) is 0 Å². The van der Waals surface area contributed by atoms with Gasteiger partial charge >= 0.3 is 6.18 Å². The Kier molecular flexibility index (Phi) is 8.37. The summed E-state index contributed by atoms with van der Waals surface area (Å²) in [5.74, 6) is -0.488. The van der Waals surface area contributed by atoms with Gasteiger partial charge in [0, 0.05) is 28.9 Å². The van der Waals surface area contributed by atoms with Crippen LogP contribution in [0.5, 0.6) is 0 Å². The number of amides is 2. The molecule has 1 aliphatic heterocycles. The monoisotopic (exact) mass is 607 g/mol. The maximum atomic E-state index is 12.5. The van der Waals surface area contributed by atoms with Gasteiger partial charge in [-0.3, -0.25) is 24.0 Å². The van der Waals surface area contributed by atoms with Crippen LogP contribution in [0.4, 0.5) is 30.6 Å². The highest BCUT2D eigenvalue weighted by Gasteiger charge is 2.33. The van der Waals surface area contributed by atoms with Crippen LogP contribution in [0.15, 0.2) is 52.5 Å². The summed E-state index contributed by atoms with van der Waals surface area (Å²) in [7, 11) is 0. The fourth-order valence-corrected chi connectivity index (χ4v) is 5.31. The van der Waals surface area contributed by atoms with E-state index in [0.29, 0.717) is 46.4 Å². The molecule has 1 fully saturated rings. The second-order valence-corrected chi connectivity index (χ2v) is 10.9. The maximum Gasteiger partial charge on any atom is 0.405 e. The van der Waals surface area contributed by atoms with Crippen molar-refractivity contribution in [2.24, 2.45) is 5.92 Å². The fourth-order valence-electron chi connectivity index (χ4n) is 4.33. The molecule has 0 radical (unpaired) electrons. The van der Waals surface area contributed by atoms with Gasteiger partial charge in [-0.1, -0.05) is 11.6 Å². The van der Waals surface area contributed by atoms with Gasteiger partial charge in [-0.25, -0.2) is 4.98 Å². The number of fused-ring (bicyclic) bond motifs is 1. The van der Waals surface area contributed by atoms with Crippen LogP contribution >= 0.6 is 23.4 Å². The smallest absolute Gasteiger partial charge is 0.347 e. The number of likely N-dealkylation sites (tertiary alicyclic amines) is 1. The number of carbonyl (C=O) groups is 2. The van der Waals surface area contributed by atoms with Gasteiger partial charge in [0.2, 0.25) is 17.8 Å². The Morgan fingerprint density at radius 2 is 1.95 bits per heavy atom. The van der Waals surface area contributed by atoms with E-state index < -0.39 is 24.5 Å². The standard InChI is InChI=1S/C25H25ClF3N9O2S/c1-14-10-19(36-35-14)32-23-34-24(33-20-7-6-18(26)38(20)23)41-17-4-2-16(3-5-17)31-21(39)12-37-9-8-15(11-37)22(40)30-13-25(27,28)29/h2-7,10,15H,8-9,11-13H2,1H3,(H,30,40)(H,31,39)(H2,32,33,34,35,36). The molecule has 1 unspecified atom stereocenters. The molecular formula is C25H25ClF3N9O2S. The molecule has 5 rings (SSSR count). The molecule has 216 valence electrons. The largest absolute Gasteiger partial charge is 0.405 e. The zero-order valence-electron chi connectivity index (χ0n) is 21.6. The summed E-state index contributed by atoms with van der Waals surface area (Å²) in [5, 5.41) is 15.8. The number of hydrogen-bond acceptors (Lipinski definition) is 8. The van der Waals surface area contributed by atoms with Crippen LogP contribution in [0.3, 0.4) is 0 Å². The van der Waals surface area contributed by atoms with E-state index in [2.05, 4.69) is 30.8 Å². The van der Waals surface area contributed by atoms with E-state index in [1.54, 1.807) is 33.6 Å². The van der Waals surface area contributed by atoms with Crippen LogP contribution in [0, 0.1) is 12.8 Å². The van der Waals surface area contributed by atoms with E-state index in [1.165, 1.54) is 11.8 Å². The first kappa shape index (κ1) is 28.7. The molecular weight excluding hydrogens is 583 g/mol. The molecule has 2 amide bonds. The van der Waals surface area contributed by atoms with Gasteiger partial charge in [0.15, 0.2) is 11.0 Å². The van der Waals surface area contributed by atoms with Crippen molar-refractivity contribution in [1.82, 2.24) is 34.8 Å². The minimum atomic E-state index is -4.46. The van der Waals surface area contributed by atoms with Crippen molar-refractivity contribution >= 4 is 58.3 Å². The van der Waals surface area contributed by atoms with E-state index in [4.69, 9.17) is 11.6 Å². The molecule has 0 bridgehead atoms. The first-order valence-electron chi connectivity index (χ1n) is 12.5. The Balaban J connectivity index is 1.16. The molecule has 11 nitrogen and oxygen atoms in total. The van der Waals surface area contributed by atoms with E-state index in [0.717, 1.165) is 10.6 Å². The van der Waals surface area contributed by atoms with Crippen molar-refractivity contribution < 1.29 is 22.8 Å². The minimum Gasteiger partial charge on any atom is -0.347 e. The number of aromatic nitrogens is 5. The average molecular weight is 608 g/mol. The number of aryl methyl sites for hydroxylation is 1. The summed E-state index contributed by atoms with van der Waals surface area (Å²) in [4.78, 5) is 36.3. The molecule has 1 aromatic carbocycles. The lowest BCUT2D eigenvalue weighted by Gasteiger charge is -2.16. The Morgan fingerprint density at radius 1 is 1.17 bits per heavy atom. The number of nitrogens with one attached hydrogen (secondary N) is 4.